The number of nitrogens with one attached hydrogen (secondary N) is 1. The van der Waals surface area contributed by atoms with Crippen molar-refractivity contribution in [2.75, 3.05) is 32.8 Å². The molecule has 0 unspecified atom stereocenters. The number of rotatable bonds is 3. The van der Waals surface area contributed by atoms with E-state index in [0.717, 1.165) is 13.1 Å². The molecular weight excluding hydrogens is 287 g/mol. The lowest BCUT2D eigenvalue weighted by Gasteiger charge is -2.28. The summed E-state index contributed by atoms with van der Waals surface area (Å²) in [6, 6.07) is 3.18. The zero-order valence-corrected chi connectivity index (χ0v) is 12.2. The highest BCUT2D eigenvalue weighted by atomic mass is 35.5. The quantitative estimate of drug-likeness (QED) is 0.932. The van der Waals surface area contributed by atoms with Crippen molar-refractivity contribution in [3.05, 3.63) is 27.7 Å². The number of piperazine rings is 1. The fourth-order valence-corrected chi connectivity index (χ4v) is 2.33. The number of carbonyl (C=O) groups is 1. The third-order valence-electron chi connectivity index (χ3n) is 2.96. The fourth-order valence-electron chi connectivity index (χ4n) is 2.01. The van der Waals surface area contributed by atoms with Gasteiger partial charge in [0, 0.05) is 32.2 Å². The first kappa shape index (κ1) is 14.4. The number of ether oxygens (including phenoxy) is 1. The van der Waals surface area contributed by atoms with E-state index >= 15 is 0 Å². The normalized spacial score (nSPS) is 15.4. The van der Waals surface area contributed by atoms with Gasteiger partial charge in [-0.15, -0.1) is 0 Å². The van der Waals surface area contributed by atoms with E-state index in [-0.39, 0.29) is 5.91 Å². The van der Waals surface area contributed by atoms with E-state index in [4.69, 9.17) is 27.9 Å². The highest BCUT2D eigenvalue weighted by molar-refractivity contribution is 6.42. The third kappa shape index (κ3) is 3.32. The molecule has 1 aromatic carbocycles. The maximum atomic E-state index is 12.5. The van der Waals surface area contributed by atoms with Gasteiger partial charge in [-0.3, -0.25) is 4.79 Å². The van der Waals surface area contributed by atoms with E-state index in [2.05, 4.69) is 5.32 Å². The third-order valence-corrected chi connectivity index (χ3v) is 3.68. The van der Waals surface area contributed by atoms with Gasteiger partial charge in [0.25, 0.3) is 5.91 Å². The SMILES string of the molecule is CCOc1cc(Cl)c(Cl)cc1C(=O)N1CCNCC1. The number of amides is 1. The summed E-state index contributed by atoms with van der Waals surface area (Å²) in [7, 11) is 0. The zero-order valence-electron chi connectivity index (χ0n) is 10.7. The minimum atomic E-state index is -0.0662. The highest BCUT2D eigenvalue weighted by Gasteiger charge is 2.22. The molecule has 4 nitrogen and oxygen atoms in total. The van der Waals surface area contributed by atoms with Gasteiger partial charge in [-0.25, -0.2) is 0 Å². The smallest absolute Gasteiger partial charge is 0.257 e. The molecule has 0 aromatic heterocycles. The van der Waals surface area contributed by atoms with Crippen LogP contribution in [0.4, 0.5) is 0 Å². The summed E-state index contributed by atoms with van der Waals surface area (Å²) in [5.74, 6) is 0.420. The van der Waals surface area contributed by atoms with Gasteiger partial charge in [-0.05, 0) is 13.0 Å². The van der Waals surface area contributed by atoms with Crippen molar-refractivity contribution >= 4 is 29.1 Å². The summed E-state index contributed by atoms with van der Waals surface area (Å²) in [6.07, 6.45) is 0. The van der Waals surface area contributed by atoms with Crippen LogP contribution in [0, 0.1) is 0 Å². The predicted molar refractivity (Wildman–Crippen MR) is 76.4 cm³/mol. The van der Waals surface area contributed by atoms with Gasteiger partial charge in [-0.2, -0.15) is 0 Å². The molecule has 0 saturated carbocycles. The number of hydrogen-bond donors (Lipinski definition) is 1. The van der Waals surface area contributed by atoms with E-state index in [9.17, 15) is 4.79 Å². The van der Waals surface area contributed by atoms with E-state index < -0.39 is 0 Å². The molecule has 0 bridgehead atoms. The lowest BCUT2D eigenvalue weighted by molar-refractivity contribution is 0.0731. The second-order valence-corrected chi connectivity index (χ2v) is 5.05. The van der Waals surface area contributed by atoms with Gasteiger partial charge >= 0.3 is 0 Å². The molecule has 6 heteroatoms. The Labute approximate surface area is 122 Å². The maximum absolute atomic E-state index is 12.5. The molecule has 1 amide bonds. The highest BCUT2D eigenvalue weighted by Crippen LogP contribution is 2.31. The van der Waals surface area contributed by atoms with Crippen molar-refractivity contribution in [2.45, 2.75) is 6.92 Å². The van der Waals surface area contributed by atoms with E-state index in [1.165, 1.54) is 0 Å². The largest absolute Gasteiger partial charge is 0.493 e. The molecule has 1 aliphatic heterocycles. The van der Waals surface area contributed by atoms with Crippen LogP contribution in [0.5, 0.6) is 5.75 Å². The lowest BCUT2D eigenvalue weighted by atomic mass is 10.1. The van der Waals surface area contributed by atoms with Crippen LogP contribution in [0.15, 0.2) is 12.1 Å². The van der Waals surface area contributed by atoms with Crippen molar-refractivity contribution in [1.82, 2.24) is 10.2 Å². The second kappa shape index (κ2) is 6.46. The second-order valence-electron chi connectivity index (χ2n) is 4.24. The number of hydrogen-bond acceptors (Lipinski definition) is 3. The van der Waals surface area contributed by atoms with Gasteiger partial charge in [0.1, 0.15) is 5.75 Å². The molecule has 1 heterocycles. The Morgan fingerprint density at radius 3 is 2.58 bits per heavy atom. The van der Waals surface area contributed by atoms with Crippen LogP contribution in [-0.2, 0) is 0 Å². The average Bonchev–Trinajstić information content (AvgIpc) is 2.43. The number of nitrogens with zero attached hydrogens (tertiary/aromatic N) is 1. The van der Waals surface area contributed by atoms with Crippen LogP contribution < -0.4 is 10.1 Å². The monoisotopic (exact) mass is 302 g/mol. The Bertz CT molecular complexity index is 474. The van der Waals surface area contributed by atoms with Crippen LogP contribution >= 0.6 is 23.2 Å². The molecular formula is C13H16Cl2N2O2. The van der Waals surface area contributed by atoms with Gasteiger partial charge < -0.3 is 15.0 Å². The molecule has 1 saturated heterocycles. The number of halogens is 2. The van der Waals surface area contributed by atoms with Crippen molar-refractivity contribution < 1.29 is 9.53 Å². The van der Waals surface area contributed by atoms with Crippen LogP contribution in [0.25, 0.3) is 0 Å². The first-order chi connectivity index (χ1) is 9.13. The molecule has 0 aliphatic carbocycles. The zero-order chi connectivity index (χ0) is 13.8. The van der Waals surface area contributed by atoms with Crippen molar-refractivity contribution in [3.8, 4) is 5.75 Å². The first-order valence-electron chi connectivity index (χ1n) is 6.25. The van der Waals surface area contributed by atoms with E-state index in [1.807, 2.05) is 6.92 Å². The first-order valence-corrected chi connectivity index (χ1v) is 7.01. The van der Waals surface area contributed by atoms with Gasteiger partial charge in [0.2, 0.25) is 0 Å². The topological polar surface area (TPSA) is 41.6 Å². The van der Waals surface area contributed by atoms with E-state index in [1.54, 1.807) is 17.0 Å². The Balaban J connectivity index is 2.30. The molecule has 1 N–H and O–H groups in total. The molecule has 1 aromatic rings. The van der Waals surface area contributed by atoms with Crippen molar-refractivity contribution in [3.63, 3.8) is 0 Å². The molecule has 1 fully saturated rings. The Morgan fingerprint density at radius 1 is 1.32 bits per heavy atom. The average molecular weight is 303 g/mol. The summed E-state index contributed by atoms with van der Waals surface area (Å²) in [5, 5.41) is 3.96. The summed E-state index contributed by atoms with van der Waals surface area (Å²) in [5.41, 5.74) is 0.471. The summed E-state index contributed by atoms with van der Waals surface area (Å²) >= 11 is 12.0. The van der Waals surface area contributed by atoms with Crippen molar-refractivity contribution in [2.24, 2.45) is 0 Å². The minimum Gasteiger partial charge on any atom is -0.493 e. The summed E-state index contributed by atoms with van der Waals surface area (Å²) in [6.45, 7) is 5.31. The molecule has 2 rings (SSSR count). The van der Waals surface area contributed by atoms with Crippen LogP contribution in [0.2, 0.25) is 10.0 Å². The number of carbonyl (C=O) groups excluding carboxylic acids is 1. The fraction of sp³-hybridized carbons (Fsp3) is 0.462. The van der Waals surface area contributed by atoms with E-state index in [0.29, 0.717) is 41.1 Å². The van der Waals surface area contributed by atoms with Crippen LogP contribution in [0.1, 0.15) is 17.3 Å². The molecule has 1 aliphatic rings. The molecule has 0 radical (unpaired) electrons. The summed E-state index contributed by atoms with van der Waals surface area (Å²) in [4.78, 5) is 14.3. The Kier molecular flexibility index (Phi) is 4.91. The van der Waals surface area contributed by atoms with Gasteiger partial charge in [0.05, 0.1) is 22.2 Å². The number of benzene rings is 1. The Morgan fingerprint density at radius 2 is 1.95 bits per heavy atom. The minimum absolute atomic E-state index is 0.0662. The predicted octanol–water partition coefficient (Wildman–Crippen LogP) is 2.44. The molecule has 0 atom stereocenters. The summed E-state index contributed by atoms with van der Waals surface area (Å²) < 4.78 is 5.48. The van der Waals surface area contributed by atoms with Gasteiger partial charge in [-0.1, -0.05) is 23.2 Å². The van der Waals surface area contributed by atoms with Gasteiger partial charge in [0.15, 0.2) is 0 Å². The molecule has 0 spiro atoms. The lowest BCUT2D eigenvalue weighted by Crippen LogP contribution is -2.46. The maximum Gasteiger partial charge on any atom is 0.257 e. The van der Waals surface area contributed by atoms with Crippen molar-refractivity contribution in [1.29, 1.82) is 0 Å². The van der Waals surface area contributed by atoms with Crippen LogP contribution in [0.3, 0.4) is 0 Å². The molecule has 104 valence electrons. The standard InChI is InChI=1S/C13H16Cl2N2O2/c1-2-19-12-8-11(15)10(14)7-9(12)13(18)17-5-3-16-4-6-17/h7-8,16H,2-6H2,1H3. The molecule has 19 heavy (non-hydrogen) atoms. The Hall–Kier alpha value is -0.970. The van der Waals surface area contributed by atoms with Crippen LogP contribution in [-0.4, -0.2) is 43.6 Å².